The Balaban J connectivity index is 1.84. The standard InChI is InChI=1S/C16H10N2OS2/c20-16-13(15-17-11-8-4-5-9-12(11)21-15)18-14(19-16)10-6-2-1-3-7-10/h1-9,20H. The number of thiol groups is 1. The number of thiazole rings is 1. The second-order valence-corrected chi connectivity index (χ2v) is 5.96. The molecule has 0 fully saturated rings. The van der Waals surface area contributed by atoms with E-state index in [1.165, 1.54) is 0 Å². The van der Waals surface area contributed by atoms with E-state index in [2.05, 4.69) is 22.6 Å². The van der Waals surface area contributed by atoms with Gasteiger partial charge in [-0.05, 0) is 24.3 Å². The Morgan fingerprint density at radius 1 is 0.905 bits per heavy atom. The van der Waals surface area contributed by atoms with Crippen molar-refractivity contribution < 1.29 is 4.42 Å². The van der Waals surface area contributed by atoms with Gasteiger partial charge in [0.15, 0.2) is 10.8 Å². The van der Waals surface area contributed by atoms with E-state index in [1.54, 1.807) is 11.3 Å². The third kappa shape index (κ3) is 2.24. The SMILES string of the molecule is Sc1oc(-c2ccccc2)nc1-c1nc2ccccc2s1. The van der Waals surface area contributed by atoms with Crippen LogP contribution in [0, 0.1) is 0 Å². The van der Waals surface area contributed by atoms with E-state index in [4.69, 9.17) is 4.42 Å². The van der Waals surface area contributed by atoms with Crippen LogP contribution in [0.3, 0.4) is 0 Å². The number of benzene rings is 2. The molecule has 21 heavy (non-hydrogen) atoms. The van der Waals surface area contributed by atoms with Gasteiger partial charge in [-0.25, -0.2) is 9.97 Å². The minimum Gasteiger partial charge on any atom is -0.429 e. The van der Waals surface area contributed by atoms with E-state index < -0.39 is 0 Å². The van der Waals surface area contributed by atoms with Crippen LogP contribution in [0.2, 0.25) is 0 Å². The summed E-state index contributed by atoms with van der Waals surface area (Å²) in [5.41, 5.74) is 2.59. The Morgan fingerprint density at radius 2 is 1.67 bits per heavy atom. The van der Waals surface area contributed by atoms with Gasteiger partial charge in [0.25, 0.3) is 0 Å². The number of para-hydroxylation sites is 1. The molecular formula is C16H10N2OS2. The molecule has 0 aliphatic rings. The predicted octanol–water partition coefficient (Wildman–Crippen LogP) is 4.91. The highest BCUT2D eigenvalue weighted by Crippen LogP contribution is 2.35. The van der Waals surface area contributed by atoms with Crippen LogP contribution in [0.4, 0.5) is 0 Å². The summed E-state index contributed by atoms with van der Waals surface area (Å²) >= 11 is 5.99. The van der Waals surface area contributed by atoms with Gasteiger partial charge in [-0.15, -0.1) is 24.0 Å². The van der Waals surface area contributed by atoms with Crippen LogP contribution < -0.4 is 0 Å². The quantitative estimate of drug-likeness (QED) is 0.535. The lowest BCUT2D eigenvalue weighted by molar-refractivity contribution is 0.487. The molecule has 0 amide bonds. The predicted molar refractivity (Wildman–Crippen MR) is 87.8 cm³/mol. The van der Waals surface area contributed by atoms with Gasteiger partial charge < -0.3 is 4.42 Å². The number of aromatic nitrogens is 2. The monoisotopic (exact) mass is 310 g/mol. The van der Waals surface area contributed by atoms with Crippen LogP contribution in [-0.2, 0) is 0 Å². The molecule has 0 saturated carbocycles. The van der Waals surface area contributed by atoms with Gasteiger partial charge in [0.2, 0.25) is 5.89 Å². The summed E-state index contributed by atoms with van der Waals surface area (Å²) in [5, 5.41) is 1.32. The van der Waals surface area contributed by atoms with Gasteiger partial charge in [0.1, 0.15) is 5.01 Å². The highest BCUT2D eigenvalue weighted by molar-refractivity contribution is 7.80. The maximum Gasteiger partial charge on any atom is 0.228 e. The largest absolute Gasteiger partial charge is 0.429 e. The van der Waals surface area contributed by atoms with Crippen LogP contribution in [0.5, 0.6) is 0 Å². The molecule has 4 rings (SSSR count). The van der Waals surface area contributed by atoms with Crippen molar-refractivity contribution in [3.63, 3.8) is 0 Å². The molecule has 0 radical (unpaired) electrons. The summed E-state index contributed by atoms with van der Waals surface area (Å²) in [7, 11) is 0. The zero-order valence-corrected chi connectivity index (χ0v) is 12.6. The highest BCUT2D eigenvalue weighted by Gasteiger charge is 2.17. The fourth-order valence-corrected chi connectivity index (χ4v) is 3.40. The van der Waals surface area contributed by atoms with E-state index in [0.717, 1.165) is 20.8 Å². The lowest BCUT2D eigenvalue weighted by Crippen LogP contribution is -1.79. The van der Waals surface area contributed by atoms with Crippen molar-refractivity contribution in [3.8, 4) is 22.2 Å². The van der Waals surface area contributed by atoms with Crippen LogP contribution >= 0.6 is 24.0 Å². The lowest BCUT2D eigenvalue weighted by Gasteiger charge is -1.91. The van der Waals surface area contributed by atoms with E-state index in [1.807, 2.05) is 54.6 Å². The Labute approximate surface area is 130 Å². The fraction of sp³-hybridized carbons (Fsp3) is 0. The average molecular weight is 310 g/mol. The summed E-state index contributed by atoms with van der Waals surface area (Å²) in [6.45, 7) is 0. The molecule has 4 aromatic rings. The number of hydrogen-bond donors (Lipinski definition) is 1. The molecule has 0 N–H and O–H groups in total. The first-order valence-corrected chi connectivity index (χ1v) is 7.69. The molecule has 2 aromatic carbocycles. The molecule has 0 unspecified atom stereocenters. The third-order valence-electron chi connectivity index (χ3n) is 3.13. The zero-order valence-electron chi connectivity index (χ0n) is 10.9. The smallest absolute Gasteiger partial charge is 0.228 e. The minimum absolute atomic E-state index is 0.493. The van der Waals surface area contributed by atoms with Crippen LogP contribution in [-0.4, -0.2) is 9.97 Å². The highest BCUT2D eigenvalue weighted by atomic mass is 32.1. The zero-order chi connectivity index (χ0) is 14.2. The Kier molecular flexibility index (Phi) is 3.02. The van der Waals surface area contributed by atoms with Gasteiger partial charge in [-0.3, -0.25) is 0 Å². The van der Waals surface area contributed by atoms with Crippen molar-refractivity contribution in [2.75, 3.05) is 0 Å². The molecule has 102 valence electrons. The number of hydrogen-bond acceptors (Lipinski definition) is 5. The molecule has 0 bridgehead atoms. The number of rotatable bonds is 2. The first kappa shape index (κ1) is 12.6. The third-order valence-corrected chi connectivity index (χ3v) is 4.47. The molecule has 0 aliphatic heterocycles. The van der Waals surface area contributed by atoms with E-state index >= 15 is 0 Å². The Morgan fingerprint density at radius 3 is 2.48 bits per heavy atom. The summed E-state index contributed by atoms with van der Waals surface area (Å²) in [6, 6.07) is 17.8. The van der Waals surface area contributed by atoms with Crippen LogP contribution in [0.1, 0.15) is 0 Å². The lowest BCUT2D eigenvalue weighted by atomic mass is 10.2. The molecule has 0 saturated heterocycles. The van der Waals surface area contributed by atoms with Crippen molar-refractivity contribution in [2.24, 2.45) is 0 Å². The van der Waals surface area contributed by atoms with Crippen LogP contribution in [0.25, 0.3) is 32.4 Å². The minimum atomic E-state index is 0.493. The summed E-state index contributed by atoms with van der Waals surface area (Å²) < 4.78 is 6.80. The topological polar surface area (TPSA) is 38.9 Å². The van der Waals surface area contributed by atoms with E-state index in [-0.39, 0.29) is 0 Å². The van der Waals surface area contributed by atoms with Crippen LogP contribution in [0.15, 0.2) is 64.1 Å². The Bertz CT molecular complexity index is 879. The molecule has 5 heteroatoms. The van der Waals surface area contributed by atoms with Gasteiger partial charge in [-0.1, -0.05) is 30.3 Å². The number of fused-ring (bicyclic) bond motifs is 1. The Hall–Kier alpha value is -2.11. The van der Waals surface area contributed by atoms with Gasteiger partial charge in [-0.2, -0.15) is 0 Å². The molecule has 0 atom stereocenters. The second-order valence-electron chi connectivity index (χ2n) is 4.53. The normalized spacial score (nSPS) is 11.1. The fourth-order valence-electron chi connectivity index (χ4n) is 2.13. The molecule has 2 heterocycles. The first-order chi connectivity index (χ1) is 10.3. The van der Waals surface area contributed by atoms with Crippen molar-refractivity contribution in [1.82, 2.24) is 9.97 Å². The molecule has 0 spiro atoms. The van der Waals surface area contributed by atoms with Gasteiger partial charge in [0.05, 0.1) is 10.2 Å². The first-order valence-electron chi connectivity index (χ1n) is 6.42. The molecule has 3 nitrogen and oxygen atoms in total. The summed E-state index contributed by atoms with van der Waals surface area (Å²) in [6.07, 6.45) is 0. The van der Waals surface area contributed by atoms with Gasteiger partial charge >= 0.3 is 0 Å². The maximum absolute atomic E-state index is 5.67. The summed E-state index contributed by atoms with van der Waals surface area (Å²) in [5.74, 6) is 0.565. The van der Waals surface area contributed by atoms with Crippen molar-refractivity contribution in [2.45, 2.75) is 5.09 Å². The number of oxazole rings is 1. The molecular weight excluding hydrogens is 300 g/mol. The van der Waals surface area contributed by atoms with Crippen molar-refractivity contribution in [1.29, 1.82) is 0 Å². The van der Waals surface area contributed by atoms with Crippen molar-refractivity contribution >= 4 is 34.2 Å². The maximum atomic E-state index is 5.67. The molecule has 2 aromatic heterocycles. The van der Waals surface area contributed by atoms with E-state index in [9.17, 15) is 0 Å². The summed E-state index contributed by atoms with van der Waals surface area (Å²) in [4.78, 5) is 9.15. The molecule has 0 aliphatic carbocycles. The second kappa shape index (κ2) is 5.02. The number of nitrogens with zero attached hydrogens (tertiary/aromatic N) is 2. The van der Waals surface area contributed by atoms with Gasteiger partial charge in [0, 0.05) is 5.56 Å². The van der Waals surface area contributed by atoms with Crippen molar-refractivity contribution in [3.05, 3.63) is 54.6 Å². The average Bonchev–Trinajstić information content (AvgIpc) is 3.11. The van der Waals surface area contributed by atoms with E-state index in [0.29, 0.717) is 16.7 Å².